The summed E-state index contributed by atoms with van der Waals surface area (Å²) in [4.78, 5) is 2.13. The molecule has 15 heavy (non-hydrogen) atoms. The minimum Gasteiger partial charge on any atom is -0.493 e. The molecule has 1 N–H and O–H groups in total. The van der Waals surface area contributed by atoms with Gasteiger partial charge < -0.3 is 14.7 Å². The van der Waals surface area contributed by atoms with E-state index in [1.165, 1.54) is 0 Å². The number of benzene rings is 1. The van der Waals surface area contributed by atoms with Crippen molar-refractivity contribution in [2.45, 2.75) is 13.0 Å². The molecule has 0 aliphatic heterocycles. The van der Waals surface area contributed by atoms with E-state index in [0.717, 1.165) is 24.3 Å². The Bertz CT molecular complexity index is 287. The second-order valence-electron chi connectivity index (χ2n) is 3.77. The number of hydrogen-bond donors (Lipinski definition) is 1. The van der Waals surface area contributed by atoms with Crippen molar-refractivity contribution in [1.29, 1.82) is 0 Å². The van der Waals surface area contributed by atoms with E-state index in [2.05, 4.69) is 4.90 Å². The van der Waals surface area contributed by atoms with E-state index in [0.29, 0.717) is 6.61 Å². The van der Waals surface area contributed by atoms with Crippen LogP contribution in [-0.2, 0) is 6.61 Å². The van der Waals surface area contributed by atoms with Crippen molar-refractivity contribution < 1.29 is 9.84 Å². The molecule has 0 unspecified atom stereocenters. The minimum absolute atomic E-state index is 0.0316. The predicted octanol–water partition coefficient (Wildman–Crippen LogP) is 1.51. The van der Waals surface area contributed by atoms with Gasteiger partial charge in [0, 0.05) is 12.1 Å². The number of nitrogens with zero attached hydrogens (tertiary/aromatic N) is 1. The zero-order chi connectivity index (χ0) is 11.1. The van der Waals surface area contributed by atoms with Crippen LogP contribution in [0.3, 0.4) is 0 Å². The van der Waals surface area contributed by atoms with Gasteiger partial charge in [-0.05, 0) is 26.6 Å². The Balaban J connectivity index is 2.36. The molecule has 1 aromatic rings. The first-order valence-electron chi connectivity index (χ1n) is 5.20. The van der Waals surface area contributed by atoms with Crippen LogP contribution in [0.1, 0.15) is 12.0 Å². The number of hydrogen-bond acceptors (Lipinski definition) is 3. The molecule has 0 atom stereocenters. The Morgan fingerprint density at radius 2 is 2.00 bits per heavy atom. The monoisotopic (exact) mass is 209 g/mol. The van der Waals surface area contributed by atoms with Gasteiger partial charge in [-0.2, -0.15) is 0 Å². The van der Waals surface area contributed by atoms with Crippen molar-refractivity contribution in [3.05, 3.63) is 29.8 Å². The molecule has 0 radical (unpaired) electrons. The molecule has 0 saturated heterocycles. The maximum absolute atomic E-state index is 9.07. The van der Waals surface area contributed by atoms with Crippen LogP contribution in [0.25, 0.3) is 0 Å². The van der Waals surface area contributed by atoms with Gasteiger partial charge >= 0.3 is 0 Å². The zero-order valence-corrected chi connectivity index (χ0v) is 9.44. The molecule has 1 aromatic carbocycles. The highest BCUT2D eigenvalue weighted by Crippen LogP contribution is 2.17. The van der Waals surface area contributed by atoms with E-state index >= 15 is 0 Å². The SMILES string of the molecule is CN(C)CCCOc1ccccc1CO. The minimum atomic E-state index is 0.0316. The molecule has 84 valence electrons. The molecule has 0 aromatic heterocycles. The fourth-order valence-electron chi connectivity index (χ4n) is 1.34. The average Bonchev–Trinajstić information content (AvgIpc) is 2.24. The summed E-state index contributed by atoms with van der Waals surface area (Å²) in [5, 5.41) is 9.07. The third kappa shape index (κ3) is 4.32. The Labute approximate surface area is 91.3 Å². The highest BCUT2D eigenvalue weighted by molar-refractivity contribution is 5.32. The quantitative estimate of drug-likeness (QED) is 0.721. The maximum atomic E-state index is 9.07. The number of aliphatic hydroxyl groups is 1. The van der Waals surface area contributed by atoms with Gasteiger partial charge in [-0.3, -0.25) is 0 Å². The fourth-order valence-corrected chi connectivity index (χ4v) is 1.34. The molecule has 0 aliphatic carbocycles. The summed E-state index contributed by atoms with van der Waals surface area (Å²) >= 11 is 0. The number of ether oxygens (including phenoxy) is 1. The summed E-state index contributed by atoms with van der Waals surface area (Å²) in [5.41, 5.74) is 0.849. The van der Waals surface area contributed by atoms with E-state index < -0.39 is 0 Å². The summed E-state index contributed by atoms with van der Waals surface area (Å²) in [6, 6.07) is 7.58. The van der Waals surface area contributed by atoms with Crippen molar-refractivity contribution in [2.24, 2.45) is 0 Å². The second-order valence-corrected chi connectivity index (χ2v) is 3.77. The Kier molecular flexibility index (Phi) is 5.15. The van der Waals surface area contributed by atoms with Gasteiger partial charge in [0.2, 0.25) is 0 Å². The molecule has 3 nitrogen and oxygen atoms in total. The van der Waals surface area contributed by atoms with E-state index in [-0.39, 0.29) is 6.61 Å². The molecule has 0 amide bonds. The normalized spacial score (nSPS) is 10.7. The van der Waals surface area contributed by atoms with Crippen LogP contribution in [0, 0.1) is 0 Å². The van der Waals surface area contributed by atoms with Gasteiger partial charge in [-0.25, -0.2) is 0 Å². The lowest BCUT2D eigenvalue weighted by Gasteiger charge is -2.12. The van der Waals surface area contributed by atoms with Gasteiger partial charge in [-0.15, -0.1) is 0 Å². The summed E-state index contributed by atoms with van der Waals surface area (Å²) < 4.78 is 5.59. The standard InChI is InChI=1S/C12H19NO2/c1-13(2)8-5-9-15-12-7-4-3-6-11(12)10-14/h3-4,6-7,14H,5,8-10H2,1-2H3. The average molecular weight is 209 g/mol. The van der Waals surface area contributed by atoms with Crippen LogP contribution in [0.2, 0.25) is 0 Å². The van der Waals surface area contributed by atoms with Crippen LogP contribution in [0.4, 0.5) is 0 Å². The highest BCUT2D eigenvalue weighted by Gasteiger charge is 2.00. The fraction of sp³-hybridized carbons (Fsp3) is 0.500. The summed E-state index contributed by atoms with van der Waals surface area (Å²) in [5.74, 6) is 0.791. The van der Waals surface area contributed by atoms with Crippen LogP contribution in [0.5, 0.6) is 5.75 Å². The van der Waals surface area contributed by atoms with E-state index in [4.69, 9.17) is 9.84 Å². The first kappa shape index (κ1) is 12.0. The number of rotatable bonds is 6. The van der Waals surface area contributed by atoms with Crippen LogP contribution in [0.15, 0.2) is 24.3 Å². The molecule has 0 heterocycles. The lowest BCUT2D eigenvalue weighted by Crippen LogP contribution is -2.15. The van der Waals surface area contributed by atoms with Gasteiger partial charge in [0.25, 0.3) is 0 Å². The molecular weight excluding hydrogens is 190 g/mol. The van der Waals surface area contributed by atoms with Gasteiger partial charge in [-0.1, -0.05) is 18.2 Å². The van der Waals surface area contributed by atoms with E-state index in [1.54, 1.807) is 0 Å². The van der Waals surface area contributed by atoms with Crippen molar-refractivity contribution >= 4 is 0 Å². The van der Waals surface area contributed by atoms with Crippen LogP contribution < -0.4 is 4.74 Å². The first-order valence-corrected chi connectivity index (χ1v) is 5.20. The third-order valence-corrected chi connectivity index (χ3v) is 2.15. The topological polar surface area (TPSA) is 32.7 Å². The molecule has 0 spiro atoms. The number of aliphatic hydroxyl groups excluding tert-OH is 1. The predicted molar refractivity (Wildman–Crippen MR) is 61.0 cm³/mol. The molecule has 0 saturated carbocycles. The molecular formula is C12H19NO2. The third-order valence-electron chi connectivity index (χ3n) is 2.15. The van der Waals surface area contributed by atoms with Crippen LogP contribution in [-0.4, -0.2) is 37.3 Å². The lowest BCUT2D eigenvalue weighted by atomic mass is 10.2. The smallest absolute Gasteiger partial charge is 0.124 e. The Morgan fingerprint density at radius 3 is 2.67 bits per heavy atom. The highest BCUT2D eigenvalue weighted by atomic mass is 16.5. The molecule has 1 rings (SSSR count). The number of para-hydroxylation sites is 1. The van der Waals surface area contributed by atoms with Crippen molar-refractivity contribution in [1.82, 2.24) is 4.90 Å². The lowest BCUT2D eigenvalue weighted by molar-refractivity contribution is 0.253. The molecule has 0 aliphatic rings. The summed E-state index contributed by atoms with van der Waals surface area (Å²) in [6.07, 6.45) is 0.993. The molecule has 3 heteroatoms. The second kappa shape index (κ2) is 6.43. The summed E-state index contributed by atoms with van der Waals surface area (Å²) in [6.45, 7) is 1.74. The molecule has 0 bridgehead atoms. The van der Waals surface area contributed by atoms with E-state index in [1.807, 2.05) is 38.4 Å². The summed E-state index contributed by atoms with van der Waals surface area (Å²) in [7, 11) is 4.09. The Hall–Kier alpha value is -1.06. The van der Waals surface area contributed by atoms with Gasteiger partial charge in [0.05, 0.1) is 13.2 Å². The van der Waals surface area contributed by atoms with Gasteiger partial charge in [0.15, 0.2) is 0 Å². The van der Waals surface area contributed by atoms with Crippen LogP contribution >= 0.6 is 0 Å². The van der Waals surface area contributed by atoms with Crippen molar-refractivity contribution in [3.63, 3.8) is 0 Å². The zero-order valence-electron chi connectivity index (χ0n) is 9.44. The largest absolute Gasteiger partial charge is 0.493 e. The van der Waals surface area contributed by atoms with Gasteiger partial charge in [0.1, 0.15) is 5.75 Å². The maximum Gasteiger partial charge on any atom is 0.124 e. The van der Waals surface area contributed by atoms with Crippen molar-refractivity contribution in [2.75, 3.05) is 27.2 Å². The molecule has 0 fully saturated rings. The first-order chi connectivity index (χ1) is 7.24. The van der Waals surface area contributed by atoms with Crippen molar-refractivity contribution in [3.8, 4) is 5.75 Å². The van der Waals surface area contributed by atoms with E-state index in [9.17, 15) is 0 Å². The Morgan fingerprint density at radius 1 is 1.27 bits per heavy atom.